The van der Waals surface area contributed by atoms with Gasteiger partial charge in [0.25, 0.3) is 0 Å². The number of carbonyl (C=O) groups excluding carboxylic acids is 1. The van der Waals surface area contributed by atoms with E-state index in [9.17, 15) is 4.79 Å². The fourth-order valence-corrected chi connectivity index (χ4v) is 3.20. The van der Waals surface area contributed by atoms with Gasteiger partial charge in [-0.05, 0) is 26.3 Å². The number of allylic oxidation sites excluding steroid dienone is 1. The second kappa shape index (κ2) is 4.12. The minimum Gasteiger partial charge on any atom is -0.488 e. The van der Waals surface area contributed by atoms with E-state index in [4.69, 9.17) is 9.47 Å². The van der Waals surface area contributed by atoms with Gasteiger partial charge in [0.15, 0.2) is 0 Å². The van der Waals surface area contributed by atoms with Crippen molar-refractivity contribution >= 4 is 5.97 Å². The normalized spacial score (nSPS) is 27.9. The molecule has 0 saturated heterocycles. The first-order valence-corrected chi connectivity index (χ1v) is 6.60. The molecule has 1 aliphatic heterocycles. The van der Waals surface area contributed by atoms with Gasteiger partial charge in [-0.25, -0.2) is 0 Å². The van der Waals surface area contributed by atoms with Crippen LogP contribution >= 0.6 is 0 Å². The lowest BCUT2D eigenvalue weighted by Crippen LogP contribution is -2.47. The van der Waals surface area contributed by atoms with E-state index >= 15 is 0 Å². The molecule has 3 rings (SSSR count). The molecule has 0 aromatic heterocycles. The molecular formula is C16H18O3. The Bertz CT molecular complexity index is 573. The number of hydrogen-bond donors (Lipinski definition) is 0. The van der Waals surface area contributed by atoms with Gasteiger partial charge in [-0.15, -0.1) is 0 Å². The van der Waals surface area contributed by atoms with Crippen molar-refractivity contribution in [2.75, 3.05) is 7.11 Å². The molecule has 3 heteroatoms. The Morgan fingerprint density at radius 2 is 2.21 bits per heavy atom. The molecule has 1 aromatic rings. The SMILES string of the molecule is COC(=O)C12CC=C(C)CC1Oc1ccc(C)cc12. The first kappa shape index (κ1) is 12.3. The smallest absolute Gasteiger partial charge is 0.320 e. The minimum absolute atomic E-state index is 0.137. The Labute approximate surface area is 113 Å². The second-order valence-electron chi connectivity index (χ2n) is 5.53. The largest absolute Gasteiger partial charge is 0.488 e. The number of esters is 1. The number of carbonyl (C=O) groups is 1. The average molecular weight is 258 g/mol. The molecule has 3 nitrogen and oxygen atoms in total. The minimum atomic E-state index is -0.657. The Hall–Kier alpha value is -1.77. The fourth-order valence-electron chi connectivity index (χ4n) is 3.20. The van der Waals surface area contributed by atoms with Crippen molar-refractivity contribution in [2.45, 2.75) is 38.2 Å². The third-order valence-electron chi connectivity index (χ3n) is 4.26. The lowest BCUT2D eigenvalue weighted by atomic mass is 9.69. The highest BCUT2D eigenvalue weighted by Gasteiger charge is 2.56. The zero-order valence-electron chi connectivity index (χ0n) is 11.5. The average Bonchev–Trinajstić information content (AvgIpc) is 2.71. The van der Waals surface area contributed by atoms with Crippen molar-refractivity contribution in [3.8, 4) is 5.75 Å². The van der Waals surface area contributed by atoms with Crippen LogP contribution in [0, 0.1) is 6.92 Å². The first-order valence-electron chi connectivity index (χ1n) is 6.60. The number of methoxy groups -OCH3 is 1. The molecule has 1 aliphatic carbocycles. The molecule has 0 saturated carbocycles. The van der Waals surface area contributed by atoms with E-state index in [1.165, 1.54) is 12.7 Å². The van der Waals surface area contributed by atoms with Crippen LogP contribution in [0.4, 0.5) is 0 Å². The Morgan fingerprint density at radius 3 is 2.95 bits per heavy atom. The van der Waals surface area contributed by atoms with Crippen molar-refractivity contribution in [1.29, 1.82) is 0 Å². The maximum absolute atomic E-state index is 12.4. The molecule has 0 fully saturated rings. The highest BCUT2D eigenvalue weighted by Crippen LogP contribution is 2.50. The van der Waals surface area contributed by atoms with Gasteiger partial charge < -0.3 is 9.47 Å². The predicted molar refractivity (Wildman–Crippen MR) is 72.3 cm³/mol. The number of fused-ring (bicyclic) bond motifs is 3. The van der Waals surface area contributed by atoms with Gasteiger partial charge in [0.1, 0.15) is 17.3 Å². The summed E-state index contributed by atoms with van der Waals surface area (Å²) < 4.78 is 11.1. The Morgan fingerprint density at radius 1 is 1.42 bits per heavy atom. The molecule has 2 atom stereocenters. The molecule has 1 aromatic carbocycles. The van der Waals surface area contributed by atoms with E-state index < -0.39 is 5.41 Å². The maximum Gasteiger partial charge on any atom is 0.320 e. The van der Waals surface area contributed by atoms with Crippen molar-refractivity contribution in [2.24, 2.45) is 0 Å². The lowest BCUT2D eigenvalue weighted by molar-refractivity contribution is -0.150. The number of hydrogen-bond acceptors (Lipinski definition) is 3. The van der Waals surface area contributed by atoms with E-state index in [-0.39, 0.29) is 12.1 Å². The van der Waals surface area contributed by atoms with Gasteiger partial charge in [0, 0.05) is 12.0 Å². The summed E-state index contributed by atoms with van der Waals surface area (Å²) in [4.78, 5) is 12.4. The van der Waals surface area contributed by atoms with Gasteiger partial charge in [0.2, 0.25) is 0 Å². The molecule has 0 radical (unpaired) electrons. The number of benzene rings is 1. The predicted octanol–water partition coefficient (Wildman–Crippen LogP) is 2.91. The molecule has 0 bridgehead atoms. The molecule has 0 amide bonds. The maximum atomic E-state index is 12.4. The summed E-state index contributed by atoms with van der Waals surface area (Å²) >= 11 is 0. The van der Waals surface area contributed by atoms with Crippen LogP contribution in [-0.4, -0.2) is 19.2 Å². The van der Waals surface area contributed by atoms with Crippen LogP contribution in [-0.2, 0) is 14.9 Å². The van der Waals surface area contributed by atoms with E-state index in [2.05, 4.69) is 19.1 Å². The van der Waals surface area contributed by atoms with Crippen LogP contribution in [0.5, 0.6) is 5.75 Å². The summed E-state index contributed by atoms with van der Waals surface area (Å²) in [5, 5.41) is 0. The van der Waals surface area contributed by atoms with Crippen LogP contribution in [0.15, 0.2) is 29.8 Å². The summed E-state index contributed by atoms with van der Waals surface area (Å²) in [6.45, 7) is 4.11. The van der Waals surface area contributed by atoms with Gasteiger partial charge in [-0.1, -0.05) is 29.3 Å². The van der Waals surface area contributed by atoms with Crippen LogP contribution < -0.4 is 4.74 Å². The zero-order valence-corrected chi connectivity index (χ0v) is 11.5. The van der Waals surface area contributed by atoms with Crippen molar-refractivity contribution < 1.29 is 14.3 Å². The van der Waals surface area contributed by atoms with E-state index in [1.54, 1.807) is 0 Å². The van der Waals surface area contributed by atoms with E-state index in [0.717, 1.165) is 23.3 Å². The molecule has 0 N–H and O–H groups in total. The summed E-state index contributed by atoms with van der Waals surface area (Å²) in [5.74, 6) is 0.634. The molecule has 19 heavy (non-hydrogen) atoms. The van der Waals surface area contributed by atoms with Crippen molar-refractivity contribution in [3.05, 3.63) is 41.0 Å². The van der Waals surface area contributed by atoms with E-state index in [1.807, 2.05) is 19.1 Å². The molecule has 1 heterocycles. The second-order valence-corrected chi connectivity index (χ2v) is 5.53. The summed E-state index contributed by atoms with van der Waals surface area (Å²) in [6, 6.07) is 6.03. The number of ether oxygens (including phenoxy) is 2. The van der Waals surface area contributed by atoms with Crippen LogP contribution in [0.25, 0.3) is 0 Å². The summed E-state index contributed by atoms with van der Waals surface area (Å²) in [5.41, 5.74) is 2.73. The summed E-state index contributed by atoms with van der Waals surface area (Å²) in [7, 11) is 1.45. The van der Waals surface area contributed by atoms with Crippen LogP contribution in [0.3, 0.4) is 0 Å². The van der Waals surface area contributed by atoms with Gasteiger partial charge >= 0.3 is 5.97 Å². The van der Waals surface area contributed by atoms with Crippen LogP contribution in [0.1, 0.15) is 30.9 Å². The Kier molecular flexibility index (Phi) is 2.66. The Balaban J connectivity index is 2.18. The molecule has 2 unspecified atom stereocenters. The third-order valence-corrected chi connectivity index (χ3v) is 4.26. The standard InChI is InChI=1S/C16H18O3/c1-10-4-5-13-12(8-10)16(15(17)18-3)7-6-11(2)9-14(16)19-13/h4-6,8,14H,7,9H2,1-3H3. The van der Waals surface area contributed by atoms with Gasteiger partial charge in [-0.2, -0.15) is 0 Å². The molecule has 2 aliphatic rings. The summed E-state index contributed by atoms with van der Waals surface area (Å²) in [6.07, 6.45) is 3.44. The molecule has 0 spiro atoms. The van der Waals surface area contributed by atoms with Gasteiger partial charge in [0.05, 0.1) is 7.11 Å². The zero-order chi connectivity index (χ0) is 13.6. The highest BCUT2D eigenvalue weighted by atomic mass is 16.5. The topological polar surface area (TPSA) is 35.5 Å². The quantitative estimate of drug-likeness (QED) is 0.574. The monoisotopic (exact) mass is 258 g/mol. The van der Waals surface area contributed by atoms with E-state index in [0.29, 0.717) is 6.42 Å². The van der Waals surface area contributed by atoms with Crippen LogP contribution in [0.2, 0.25) is 0 Å². The third kappa shape index (κ3) is 1.61. The van der Waals surface area contributed by atoms with Crippen molar-refractivity contribution in [1.82, 2.24) is 0 Å². The number of rotatable bonds is 1. The molecule has 100 valence electrons. The molecular weight excluding hydrogens is 240 g/mol. The number of aryl methyl sites for hydroxylation is 1. The fraction of sp³-hybridized carbons (Fsp3) is 0.438. The van der Waals surface area contributed by atoms with Crippen molar-refractivity contribution in [3.63, 3.8) is 0 Å². The lowest BCUT2D eigenvalue weighted by Gasteiger charge is -2.34. The highest BCUT2D eigenvalue weighted by molar-refractivity contribution is 5.87. The van der Waals surface area contributed by atoms with Gasteiger partial charge in [-0.3, -0.25) is 4.79 Å². The first-order chi connectivity index (χ1) is 9.07.